The molecule has 1 saturated heterocycles. The van der Waals surface area contributed by atoms with Crippen molar-refractivity contribution in [3.63, 3.8) is 0 Å². The third-order valence-corrected chi connectivity index (χ3v) is 7.09. The minimum Gasteiger partial charge on any atom is -0.386 e. The Morgan fingerprint density at radius 2 is 1.66 bits per heavy atom. The molecular formula is C26H31ClF3N5. The molecule has 0 aliphatic carbocycles. The van der Waals surface area contributed by atoms with Crippen LogP contribution < -0.4 is 10.2 Å². The maximum atomic E-state index is 12.9. The molecule has 0 spiro atoms. The molecule has 5 nitrogen and oxygen atoms in total. The number of rotatable bonds is 7. The molecule has 0 atom stereocenters. The number of para-hydroxylation sites is 1. The van der Waals surface area contributed by atoms with Crippen LogP contribution in [0.3, 0.4) is 0 Å². The quantitative estimate of drug-likeness (QED) is 0.421. The number of anilines is 2. The van der Waals surface area contributed by atoms with Crippen LogP contribution >= 0.6 is 11.6 Å². The summed E-state index contributed by atoms with van der Waals surface area (Å²) in [5.74, 6) is 0. The average molecular weight is 506 g/mol. The van der Waals surface area contributed by atoms with E-state index < -0.39 is 11.7 Å². The van der Waals surface area contributed by atoms with E-state index in [2.05, 4.69) is 15.1 Å². The Morgan fingerprint density at radius 3 is 2.29 bits per heavy atom. The number of halogens is 4. The van der Waals surface area contributed by atoms with E-state index in [1.54, 1.807) is 0 Å². The molecule has 9 heteroatoms. The van der Waals surface area contributed by atoms with Crippen LogP contribution in [0.5, 0.6) is 0 Å². The first-order valence-electron chi connectivity index (χ1n) is 11.8. The molecule has 2 heterocycles. The number of nitrogens with zero attached hydrogens (tertiary/aromatic N) is 4. The minimum atomic E-state index is -4.34. The van der Waals surface area contributed by atoms with Crippen molar-refractivity contribution in [3.05, 3.63) is 64.3 Å². The van der Waals surface area contributed by atoms with Crippen LogP contribution in [0.2, 0.25) is 5.02 Å². The number of hydrogen-bond acceptors (Lipinski definition) is 4. The lowest BCUT2D eigenvalue weighted by Crippen LogP contribution is -2.47. The van der Waals surface area contributed by atoms with Gasteiger partial charge in [0.25, 0.3) is 0 Å². The zero-order valence-electron chi connectivity index (χ0n) is 20.3. The number of piperazine rings is 1. The number of hydrogen-bond donors (Lipinski definition) is 1. The Hall–Kier alpha value is -2.71. The van der Waals surface area contributed by atoms with E-state index in [-0.39, 0.29) is 0 Å². The van der Waals surface area contributed by atoms with E-state index >= 15 is 0 Å². The Morgan fingerprint density at radius 1 is 0.971 bits per heavy atom. The molecule has 188 valence electrons. The van der Waals surface area contributed by atoms with Crippen molar-refractivity contribution in [1.82, 2.24) is 14.7 Å². The van der Waals surface area contributed by atoms with Crippen molar-refractivity contribution in [1.29, 1.82) is 0 Å². The van der Waals surface area contributed by atoms with Crippen LogP contribution in [0.15, 0.2) is 42.5 Å². The molecule has 35 heavy (non-hydrogen) atoms. The summed E-state index contributed by atoms with van der Waals surface area (Å²) in [6.07, 6.45) is -3.39. The number of benzene rings is 2. The maximum Gasteiger partial charge on any atom is 0.416 e. The highest BCUT2D eigenvalue weighted by Crippen LogP contribution is 2.34. The van der Waals surface area contributed by atoms with Gasteiger partial charge in [0.15, 0.2) is 0 Å². The van der Waals surface area contributed by atoms with Gasteiger partial charge in [0.1, 0.15) is 0 Å². The first-order chi connectivity index (χ1) is 16.7. The smallest absolute Gasteiger partial charge is 0.386 e. The molecule has 1 aliphatic rings. The molecule has 0 bridgehead atoms. The maximum absolute atomic E-state index is 12.9. The molecule has 1 N–H and O–H groups in total. The largest absolute Gasteiger partial charge is 0.416 e. The second kappa shape index (κ2) is 10.5. The van der Waals surface area contributed by atoms with E-state index in [0.717, 1.165) is 91.2 Å². The average Bonchev–Trinajstić information content (AvgIpc) is 3.12. The lowest BCUT2D eigenvalue weighted by atomic mass is 10.1. The van der Waals surface area contributed by atoms with Gasteiger partial charge in [-0.1, -0.05) is 29.8 Å². The van der Waals surface area contributed by atoms with Gasteiger partial charge >= 0.3 is 6.18 Å². The molecule has 0 amide bonds. The highest BCUT2D eigenvalue weighted by atomic mass is 35.5. The van der Waals surface area contributed by atoms with Gasteiger partial charge in [-0.05, 0) is 50.1 Å². The molecule has 1 aliphatic heterocycles. The van der Waals surface area contributed by atoms with Crippen molar-refractivity contribution in [2.24, 2.45) is 0 Å². The lowest BCUT2D eigenvalue weighted by Gasteiger charge is -2.37. The number of alkyl halides is 3. The van der Waals surface area contributed by atoms with Crippen LogP contribution in [0.4, 0.5) is 24.5 Å². The number of aromatic nitrogens is 2. The molecule has 3 aromatic rings. The summed E-state index contributed by atoms with van der Waals surface area (Å²) in [6, 6.07) is 11.2. The summed E-state index contributed by atoms with van der Waals surface area (Å²) in [5, 5.41) is 8.72. The monoisotopic (exact) mass is 505 g/mol. The van der Waals surface area contributed by atoms with Crippen molar-refractivity contribution in [3.8, 4) is 11.3 Å². The summed E-state index contributed by atoms with van der Waals surface area (Å²) in [4.78, 5) is 4.79. The Bertz CT molecular complexity index is 1150. The topological polar surface area (TPSA) is 36.3 Å². The lowest BCUT2D eigenvalue weighted by molar-refractivity contribution is -0.137. The van der Waals surface area contributed by atoms with Crippen LogP contribution in [0.1, 0.15) is 23.2 Å². The van der Waals surface area contributed by atoms with Crippen molar-refractivity contribution in [2.45, 2.75) is 33.0 Å². The zero-order chi connectivity index (χ0) is 25.2. The second-order valence-corrected chi connectivity index (χ2v) is 9.33. The molecule has 0 saturated carbocycles. The molecule has 1 fully saturated rings. The third-order valence-electron chi connectivity index (χ3n) is 6.78. The fourth-order valence-corrected chi connectivity index (χ4v) is 4.92. The Kier molecular flexibility index (Phi) is 7.62. The first kappa shape index (κ1) is 25.4. The van der Waals surface area contributed by atoms with Gasteiger partial charge in [0.05, 0.1) is 27.7 Å². The van der Waals surface area contributed by atoms with E-state index in [4.69, 9.17) is 16.7 Å². The number of aryl methyl sites for hydroxylation is 1. The van der Waals surface area contributed by atoms with Crippen LogP contribution in [0, 0.1) is 13.8 Å². The molecule has 1 aromatic heterocycles. The van der Waals surface area contributed by atoms with Gasteiger partial charge in [-0.2, -0.15) is 18.3 Å². The normalized spacial score (nSPS) is 15.0. The fourth-order valence-electron chi connectivity index (χ4n) is 4.62. The molecule has 4 rings (SSSR count). The predicted octanol–water partition coefficient (Wildman–Crippen LogP) is 6.09. The van der Waals surface area contributed by atoms with Crippen molar-refractivity contribution >= 4 is 23.0 Å². The first-order valence-corrected chi connectivity index (χ1v) is 12.2. The van der Waals surface area contributed by atoms with E-state index in [1.807, 2.05) is 43.8 Å². The van der Waals surface area contributed by atoms with Gasteiger partial charge in [-0.3, -0.25) is 9.58 Å². The Labute approximate surface area is 209 Å². The van der Waals surface area contributed by atoms with Gasteiger partial charge < -0.3 is 10.2 Å². The van der Waals surface area contributed by atoms with Crippen LogP contribution in [0.25, 0.3) is 11.3 Å². The summed E-state index contributed by atoms with van der Waals surface area (Å²) in [5.41, 5.74) is 4.95. The molecular weight excluding hydrogens is 475 g/mol. The molecule has 0 radical (unpaired) electrons. The minimum absolute atomic E-state index is 0.646. The number of nitrogens with one attached hydrogen (secondary N) is 1. The van der Waals surface area contributed by atoms with E-state index in [0.29, 0.717) is 5.56 Å². The van der Waals surface area contributed by atoms with Gasteiger partial charge in [0.2, 0.25) is 0 Å². The van der Waals surface area contributed by atoms with E-state index in [1.165, 1.54) is 12.1 Å². The second-order valence-electron chi connectivity index (χ2n) is 8.93. The van der Waals surface area contributed by atoms with Gasteiger partial charge in [-0.15, -0.1) is 0 Å². The standard InChI is InChI=1S/C26H31ClF3N5/c1-18-19(2)35(32-24(18)20-8-10-21(11-9-20)26(28,29)30)13-5-12-33-14-16-34(17-15-33)25-22(27)6-4-7-23(25)31-3/h4,6-11,31H,5,12-17H2,1-3H3. The van der Waals surface area contributed by atoms with Gasteiger partial charge in [0, 0.05) is 57.6 Å². The van der Waals surface area contributed by atoms with E-state index in [9.17, 15) is 13.2 Å². The SMILES string of the molecule is CNc1cccc(Cl)c1N1CCN(CCCn2nc(-c3ccc(C(F)(F)F)cc3)c(C)c2C)CC1. The predicted molar refractivity (Wildman–Crippen MR) is 136 cm³/mol. The summed E-state index contributed by atoms with van der Waals surface area (Å²) >= 11 is 6.48. The van der Waals surface area contributed by atoms with Crippen LogP contribution in [-0.2, 0) is 12.7 Å². The molecule has 0 unspecified atom stereocenters. The summed E-state index contributed by atoms with van der Waals surface area (Å²) in [6.45, 7) is 9.46. The highest BCUT2D eigenvalue weighted by molar-refractivity contribution is 6.34. The fraction of sp³-hybridized carbons (Fsp3) is 0.423. The van der Waals surface area contributed by atoms with Crippen molar-refractivity contribution in [2.75, 3.05) is 50.0 Å². The van der Waals surface area contributed by atoms with Gasteiger partial charge in [-0.25, -0.2) is 0 Å². The summed E-state index contributed by atoms with van der Waals surface area (Å²) in [7, 11) is 1.91. The zero-order valence-corrected chi connectivity index (χ0v) is 21.0. The summed E-state index contributed by atoms with van der Waals surface area (Å²) < 4.78 is 40.6. The Balaban J connectivity index is 1.33. The third kappa shape index (κ3) is 5.59. The highest BCUT2D eigenvalue weighted by Gasteiger charge is 2.30. The molecule has 2 aromatic carbocycles. The van der Waals surface area contributed by atoms with Crippen molar-refractivity contribution < 1.29 is 13.2 Å². The van der Waals surface area contributed by atoms with Crippen LogP contribution in [-0.4, -0.2) is 54.5 Å².